The van der Waals surface area contributed by atoms with Crippen LogP contribution >= 0.6 is 0 Å². The van der Waals surface area contributed by atoms with E-state index in [-0.39, 0.29) is 0 Å². The molecule has 5 N–H and O–H groups in total. The topological polar surface area (TPSA) is 81.5 Å². The van der Waals surface area contributed by atoms with Crippen molar-refractivity contribution in [3.63, 3.8) is 0 Å². The molecule has 0 unspecified atom stereocenters. The molecule has 0 heterocycles. The van der Waals surface area contributed by atoms with Crippen LogP contribution in [0.5, 0.6) is 5.75 Å². The van der Waals surface area contributed by atoms with E-state index in [4.69, 9.17) is 16.2 Å². The summed E-state index contributed by atoms with van der Waals surface area (Å²) in [5.41, 5.74) is 12.8. The van der Waals surface area contributed by atoms with Gasteiger partial charge in [0.05, 0.1) is 24.9 Å². The first-order chi connectivity index (χ1) is 6.56. The summed E-state index contributed by atoms with van der Waals surface area (Å²) in [6.45, 7) is 1.64. The molecule has 0 radical (unpaired) electrons. The number of ether oxygens (including phenoxy) is 1. The molecule has 0 aliphatic carbocycles. The van der Waals surface area contributed by atoms with Crippen LogP contribution in [0, 0.1) is 0 Å². The lowest BCUT2D eigenvalue weighted by molar-refractivity contribution is 0.164. The van der Waals surface area contributed by atoms with Gasteiger partial charge in [0, 0.05) is 0 Å². The second-order valence-electron chi connectivity index (χ2n) is 3.27. The van der Waals surface area contributed by atoms with Gasteiger partial charge in [-0.15, -0.1) is 0 Å². The first-order valence-corrected chi connectivity index (χ1v) is 4.43. The second kappa shape index (κ2) is 4.30. The Balaban J connectivity index is 2.96. The maximum absolute atomic E-state index is 9.29. The zero-order valence-electron chi connectivity index (χ0n) is 8.40. The van der Waals surface area contributed by atoms with Gasteiger partial charge in [0.15, 0.2) is 0 Å². The summed E-state index contributed by atoms with van der Waals surface area (Å²) in [4.78, 5) is 0. The molecule has 1 aromatic rings. The smallest absolute Gasteiger partial charge is 0.141 e. The molecule has 0 spiro atoms. The number of methoxy groups -OCH3 is 1. The number of nitrogens with two attached hydrogens (primary N) is 2. The molecule has 0 aromatic heterocycles. The van der Waals surface area contributed by atoms with E-state index in [1.165, 1.54) is 0 Å². The van der Waals surface area contributed by atoms with Crippen molar-refractivity contribution in [3.8, 4) is 5.75 Å². The number of anilines is 1. The average Bonchev–Trinajstić information content (AvgIpc) is 2.16. The molecule has 0 saturated heterocycles. The van der Waals surface area contributed by atoms with Gasteiger partial charge in [-0.2, -0.15) is 0 Å². The van der Waals surface area contributed by atoms with Gasteiger partial charge >= 0.3 is 0 Å². The van der Waals surface area contributed by atoms with Crippen LogP contribution in [-0.2, 0) is 0 Å². The van der Waals surface area contributed by atoms with Gasteiger partial charge in [-0.05, 0) is 24.6 Å². The molecule has 0 aliphatic heterocycles. The van der Waals surface area contributed by atoms with Crippen molar-refractivity contribution >= 4 is 5.69 Å². The summed E-state index contributed by atoms with van der Waals surface area (Å²) in [7, 11) is 1.56. The summed E-state index contributed by atoms with van der Waals surface area (Å²) < 4.78 is 5.01. The van der Waals surface area contributed by atoms with Crippen LogP contribution in [0.15, 0.2) is 18.2 Å². The third-order valence-corrected chi connectivity index (χ3v) is 2.16. The van der Waals surface area contributed by atoms with E-state index >= 15 is 0 Å². The van der Waals surface area contributed by atoms with E-state index in [0.29, 0.717) is 11.4 Å². The van der Waals surface area contributed by atoms with Crippen molar-refractivity contribution in [1.29, 1.82) is 0 Å². The van der Waals surface area contributed by atoms with Crippen LogP contribution in [0.2, 0.25) is 0 Å². The number of nitrogen functional groups attached to an aromatic ring is 1. The van der Waals surface area contributed by atoms with E-state index in [9.17, 15) is 5.11 Å². The second-order valence-corrected chi connectivity index (χ2v) is 3.27. The molecule has 0 amide bonds. The van der Waals surface area contributed by atoms with Crippen LogP contribution in [-0.4, -0.2) is 18.3 Å². The minimum absolute atomic E-state index is 0.414. The molecule has 4 nitrogen and oxygen atoms in total. The summed E-state index contributed by atoms with van der Waals surface area (Å²) in [6, 6.07) is 4.85. The molecule has 1 rings (SSSR count). The van der Waals surface area contributed by atoms with Gasteiger partial charge in [-0.25, -0.2) is 0 Å². The normalized spacial score (nSPS) is 14.9. The summed E-state index contributed by atoms with van der Waals surface area (Å²) >= 11 is 0. The fraction of sp³-hybridized carbons (Fsp3) is 0.400. The molecule has 0 bridgehead atoms. The number of aliphatic hydroxyl groups is 1. The Morgan fingerprint density at radius 3 is 2.50 bits per heavy atom. The van der Waals surface area contributed by atoms with E-state index in [1.807, 2.05) is 0 Å². The highest BCUT2D eigenvalue weighted by Gasteiger charge is 2.13. The SMILES string of the molecule is COc1ccc([C@H](N)[C@H](C)O)cc1N. The van der Waals surface area contributed by atoms with Crippen molar-refractivity contribution in [2.24, 2.45) is 5.73 Å². The standard InChI is InChI=1S/C10H16N2O2/c1-6(13)10(12)7-3-4-9(14-2)8(11)5-7/h3-6,10,13H,11-12H2,1-2H3/t6-,10+/m0/s1. The highest BCUT2D eigenvalue weighted by atomic mass is 16.5. The average molecular weight is 196 g/mol. The lowest BCUT2D eigenvalue weighted by atomic mass is 10.0. The quantitative estimate of drug-likeness (QED) is 0.620. The number of benzene rings is 1. The summed E-state index contributed by atoms with van der Waals surface area (Å²) in [5, 5.41) is 9.29. The van der Waals surface area contributed by atoms with Crippen molar-refractivity contribution < 1.29 is 9.84 Å². The Bertz CT molecular complexity index is 313. The van der Waals surface area contributed by atoms with Crippen molar-refractivity contribution in [2.75, 3.05) is 12.8 Å². The predicted octanol–water partition coefficient (Wildman–Crippen LogP) is 0.658. The summed E-state index contributed by atoms with van der Waals surface area (Å²) in [6.07, 6.45) is -0.595. The Morgan fingerprint density at radius 2 is 2.07 bits per heavy atom. The van der Waals surface area contributed by atoms with Gasteiger partial charge in [-0.3, -0.25) is 0 Å². The molecule has 1 aromatic carbocycles. The van der Waals surface area contributed by atoms with Crippen molar-refractivity contribution in [3.05, 3.63) is 23.8 Å². The molecule has 14 heavy (non-hydrogen) atoms. The largest absolute Gasteiger partial charge is 0.495 e. The molecule has 0 aliphatic rings. The minimum atomic E-state index is -0.595. The van der Waals surface area contributed by atoms with Crippen molar-refractivity contribution in [1.82, 2.24) is 0 Å². The van der Waals surface area contributed by atoms with Crippen LogP contribution in [0.4, 0.5) is 5.69 Å². The van der Waals surface area contributed by atoms with E-state index in [1.54, 1.807) is 32.2 Å². The Kier molecular flexibility index (Phi) is 3.33. The molecule has 78 valence electrons. The minimum Gasteiger partial charge on any atom is -0.495 e. The van der Waals surface area contributed by atoms with Gasteiger partial charge in [0.2, 0.25) is 0 Å². The van der Waals surface area contributed by atoms with Gasteiger partial charge in [0.25, 0.3) is 0 Å². The fourth-order valence-electron chi connectivity index (χ4n) is 1.24. The van der Waals surface area contributed by atoms with Crippen LogP contribution < -0.4 is 16.2 Å². The van der Waals surface area contributed by atoms with Gasteiger partial charge in [-0.1, -0.05) is 6.07 Å². The Hall–Kier alpha value is -1.26. The number of hydrogen-bond donors (Lipinski definition) is 3. The third kappa shape index (κ3) is 2.16. The molecule has 4 heteroatoms. The Morgan fingerprint density at radius 1 is 1.43 bits per heavy atom. The van der Waals surface area contributed by atoms with Crippen LogP contribution in [0.25, 0.3) is 0 Å². The third-order valence-electron chi connectivity index (χ3n) is 2.16. The fourth-order valence-corrected chi connectivity index (χ4v) is 1.24. The molecule has 0 fully saturated rings. The van der Waals surface area contributed by atoms with E-state index < -0.39 is 12.1 Å². The zero-order valence-corrected chi connectivity index (χ0v) is 8.40. The van der Waals surface area contributed by atoms with Crippen LogP contribution in [0.1, 0.15) is 18.5 Å². The monoisotopic (exact) mass is 196 g/mol. The first kappa shape index (κ1) is 10.8. The zero-order chi connectivity index (χ0) is 10.7. The predicted molar refractivity (Wildman–Crippen MR) is 56.0 cm³/mol. The lowest BCUT2D eigenvalue weighted by Crippen LogP contribution is -2.23. The van der Waals surface area contributed by atoms with E-state index in [2.05, 4.69) is 0 Å². The van der Waals surface area contributed by atoms with Crippen molar-refractivity contribution in [2.45, 2.75) is 19.1 Å². The molecular formula is C10H16N2O2. The maximum atomic E-state index is 9.29. The van der Waals surface area contributed by atoms with Gasteiger partial charge < -0.3 is 21.3 Å². The number of hydrogen-bond acceptors (Lipinski definition) is 4. The van der Waals surface area contributed by atoms with Gasteiger partial charge in [0.1, 0.15) is 5.75 Å². The molecule has 0 saturated carbocycles. The summed E-state index contributed by atoms with van der Waals surface area (Å²) in [5.74, 6) is 0.617. The maximum Gasteiger partial charge on any atom is 0.141 e. The molecular weight excluding hydrogens is 180 g/mol. The first-order valence-electron chi connectivity index (χ1n) is 4.43. The lowest BCUT2D eigenvalue weighted by Gasteiger charge is -2.16. The number of aliphatic hydroxyl groups excluding tert-OH is 1. The highest BCUT2D eigenvalue weighted by molar-refractivity contribution is 5.54. The Labute approximate surface area is 83.5 Å². The highest BCUT2D eigenvalue weighted by Crippen LogP contribution is 2.25. The number of rotatable bonds is 3. The molecule has 2 atom stereocenters. The van der Waals surface area contributed by atoms with Crippen LogP contribution in [0.3, 0.4) is 0 Å². The van der Waals surface area contributed by atoms with E-state index in [0.717, 1.165) is 5.56 Å².